The lowest BCUT2D eigenvalue weighted by atomic mass is 9.85. The molecule has 0 aliphatic carbocycles. The van der Waals surface area contributed by atoms with Crippen molar-refractivity contribution in [3.05, 3.63) is 29.3 Å². The fraction of sp³-hybridized carbons (Fsp3) is 0.538. The van der Waals surface area contributed by atoms with E-state index in [4.69, 9.17) is 16.3 Å². The second-order valence-electron chi connectivity index (χ2n) is 4.40. The first-order chi connectivity index (χ1) is 7.05. The van der Waals surface area contributed by atoms with Crippen LogP contribution in [0.3, 0.4) is 0 Å². The van der Waals surface area contributed by atoms with Gasteiger partial charge in [0.25, 0.3) is 0 Å². The number of ether oxygens (including phenoxy) is 1. The minimum absolute atomic E-state index is 0.0255. The van der Waals surface area contributed by atoms with E-state index in [-0.39, 0.29) is 5.41 Å². The number of hydrogen-bond acceptors (Lipinski definition) is 1. The normalized spacial score (nSPS) is 11.5. The van der Waals surface area contributed by atoms with Crippen LogP contribution < -0.4 is 4.74 Å². The van der Waals surface area contributed by atoms with Gasteiger partial charge in [-0.15, -0.1) is 11.6 Å². The molecule has 0 saturated carbocycles. The SMILES string of the molecule is CCc1cc(C(C)(C)CCl)ccc1OC. The van der Waals surface area contributed by atoms with Crippen LogP contribution in [0.2, 0.25) is 0 Å². The van der Waals surface area contributed by atoms with Gasteiger partial charge in [-0.1, -0.05) is 32.9 Å². The summed E-state index contributed by atoms with van der Waals surface area (Å²) in [5, 5.41) is 0. The number of hydrogen-bond donors (Lipinski definition) is 0. The molecule has 0 aliphatic heterocycles. The summed E-state index contributed by atoms with van der Waals surface area (Å²) >= 11 is 5.97. The summed E-state index contributed by atoms with van der Waals surface area (Å²) in [5.41, 5.74) is 2.54. The maximum absolute atomic E-state index is 5.97. The molecule has 1 aromatic carbocycles. The Morgan fingerprint density at radius 3 is 2.47 bits per heavy atom. The third kappa shape index (κ3) is 2.66. The highest BCUT2D eigenvalue weighted by atomic mass is 35.5. The summed E-state index contributed by atoms with van der Waals surface area (Å²) in [6.45, 7) is 6.44. The summed E-state index contributed by atoms with van der Waals surface area (Å²) in [4.78, 5) is 0. The third-order valence-corrected chi connectivity index (χ3v) is 3.45. The van der Waals surface area contributed by atoms with Gasteiger partial charge in [0.1, 0.15) is 5.75 Å². The minimum Gasteiger partial charge on any atom is -0.496 e. The molecule has 0 aromatic heterocycles. The van der Waals surface area contributed by atoms with Crippen LogP contribution in [0.25, 0.3) is 0 Å². The predicted octanol–water partition coefficient (Wildman–Crippen LogP) is 3.77. The van der Waals surface area contributed by atoms with Crippen LogP contribution in [0, 0.1) is 0 Å². The Labute approximate surface area is 97.4 Å². The summed E-state index contributed by atoms with van der Waals surface area (Å²) in [5.74, 6) is 1.59. The van der Waals surface area contributed by atoms with Crippen molar-refractivity contribution >= 4 is 11.6 Å². The number of alkyl halides is 1. The monoisotopic (exact) mass is 226 g/mol. The highest BCUT2D eigenvalue weighted by molar-refractivity contribution is 6.18. The molecule has 0 heterocycles. The molecule has 0 radical (unpaired) electrons. The summed E-state index contributed by atoms with van der Waals surface area (Å²) < 4.78 is 5.30. The molecular formula is C13H19ClO. The molecule has 0 fully saturated rings. The molecule has 0 N–H and O–H groups in total. The number of methoxy groups -OCH3 is 1. The molecule has 0 amide bonds. The van der Waals surface area contributed by atoms with E-state index in [2.05, 4.69) is 32.9 Å². The Bertz CT molecular complexity index is 331. The topological polar surface area (TPSA) is 9.23 Å². The fourth-order valence-electron chi connectivity index (χ4n) is 1.55. The van der Waals surface area contributed by atoms with Crippen LogP contribution in [-0.2, 0) is 11.8 Å². The van der Waals surface area contributed by atoms with Crippen LogP contribution in [-0.4, -0.2) is 13.0 Å². The van der Waals surface area contributed by atoms with Crippen LogP contribution in [0.5, 0.6) is 5.75 Å². The molecular weight excluding hydrogens is 208 g/mol. The molecule has 2 heteroatoms. The van der Waals surface area contributed by atoms with Crippen molar-refractivity contribution in [1.29, 1.82) is 0 Å². The highest BCUT2D eigenvalue weighted by Gasteiger charge is 2.20. The molecule has 1 rings (SSSR count). The predicted molar refractivity (Wildman–Crippen MR) is 66.1 cm³/mol. The molecule has 1 aromatic rings. The Balaban J connectivity index is 3.13. The standard InChI is InChI=1S/C13H19ClO/c1-5-10-8-11(13(2,3)9-14)6-7-12(10)15-4/h6-8H,5,9H2,1-4H3. The fourth-order valence-corrected chi connectivity index (χ4v) is 1.71. The van der Waals surface area contributed by atoms with Gasteiger partial charge in [-0.2, -0.15) is 0 Å². The molecule has 0 spiro atoms. The van der Waals surface area contributed by atoms with Gasteiger partial charge < -0.3 is 4.74 Å². The van der Waals surface area contributed by atoms with Gasteiger partial charge in [0.2, 0.25) is 0 Å². The van der Waals surface area contributed by atoms with Crippen molar-refractivity contribution in [1.82, 2.24) is 0 Å². The summed E-state index contributed by atoms with van der Waals surface area (Å²) in [6.07, 6.45) is 0.982. The molecule has 15 heavy (non-hydrogen) atoms. The average Bonchev–Trinajstić information content (AvgIpc) is 2.28. The highest BCUT2D eigenvalue weighted by Crippen LogP contribution is 2.29. The van der Waals surface area contributed by atoms with E-state index < -0.39 is 0 Å². The lowest BCUT2D eigenvalue weighted by molar-refractivity contribution is 0.409. The van der Waals surface area contributed by atoms with E-state index in [9.17, 15) is 0 Å². The zero-order chi connectivity index (χ0) is 11.5. The quantitative estimate of drug-likeness (QED) is 0.711. The number of rotatable bonds is 4. The minimum atomic E-state index is 0.0255. The van der Waals surface area contributed by atoms with E-state index in [1.54, 1.807) is 7.11 Å². The zero-order valence-electron chi connectivity index (χ0n) is 9.93. The molecule has 1 nitrogen and oxygen atoms in total. The summed E-state index contributed by atoms with van der Waals surface area (Å²) in [7, 11) is 1.71. The van der Waals surface area contributed by atoms with Crippen molar-refractivity contribution in [3.8, 4) is 5.75 Å². The largest absolute Gasteiger partial charge is 0.496 e. The number of benzene rings is 1. The van der Waals surface area contributed by atoms with Crippen molar-refractivity contribution < 1.29 is 4.74 Å². The smallest absolute Gasteiger partial charge is 0.122 e. The zero-order valence-corrected chi connectivity index (χ0v) is 10.7. The first-order valence-corrected chi connectivity index (χ1v) is 5.82. The van der Waals surface area contributed by atoms with E-state index >= 15 is 0 Å². The molecule has 0 saturated heterocycles. The number of halogens is 1. The van der Waals surface area contributed by atoms with Gasteiger partial charge in [-0.05, 0) is 23.6 Å². The van der Waals surface area contributed by atoms with Gasteiger partial charge in [0, 0.05) is 11.3 Å². The van der Waals surface area contributed by atoms with E-state index in [1.807, 2.05) is 6.07 Å². The van der Waals surface area contributed by atoms with Crippen molar-refractivity contribution in [2.45, 2.75) is 32.6 Å². The maximum Gasteiger partial charge on any atom is 0.122 e. The first kappa shape index (κ1) is 12.4. The third-order valence-electron chi connectivity index (χ3n) is 2.78. The van der Waals surface area contributed by atoms with Crippen LogP contribution in [0.15, 0.2) is 18.2 Å². The maximum atomic E-state index is 5.97. The second-order valence-corrected chi connectivity index (χ2v) is 4.66. The molecule has 0 aliphatic rings. The first-order valence-electron chi connectivity index (χ1n) is 5.28. The van der Waals surface area contributed by atoms with Gasteiger partial charge in [-0.3, -0.25) is 0 Å². The Morgan fingerprint density at radius 2 is 2.00 bits per heavy atom. The van der Waals surface area contributed by atoms with E-state index in [0.29, 0.717) is 5.88 Å². The van der Waals surface area contributed by atoms with E-state index in [1.165, 1.54) is 11.1 Å². The molecule has 0 atom stereocenters. The molecule has 0 unspecified atom stereocenters. The van der Waals surface area contributed by atoms with Crippen molar-refractivity contribution in [2.75, 3.05) is 13.0 Å². The van der Waals surface area contributed by atoms with Crippen LogP contribution in [0.4, 0.5) is 0 Å². The van der Waals surface area contributed by atoms with Crippen LogP contribution in [0.1, 0.15) is 31.9 Å². The van der Waals surface area contributed by atoms with Crippen LogP contribution >= 0.6 is 11.6 Å². The Hall–Kier alpha value is -0.690. The van der Waals surface area contributed by atoms with Crippen molar-refractivity contribution in [2.24, 2.45) is 0 Å². The molecule has 0 bridgehead atoms. The lowest BCUT2D eigenvalue weighted by Crippen LogP contribution is -2.19. The second kappa shape index (κ2) is 4.89. The average molecular weight is 227 g/mol. The van der Waals surface area contributed by atoms with Gasteiger partial charge in [0.05, 0.1) is 7.11 Å². The lowest BCUT2D eigenvalue weighted by Gasteiger charge is -2.23. The van der Waals surface area contributed by atoms with Gasteiger partial charge in [0.15, 0.2) is 0 Å². The molecule has 84 valence electrons. The summed E-state index contributed by atoms with van der Waals surface area (Å²) in [6, 6.07) is 6.32. The Kier molecular flexibility index (Phi) is 4.04. The van der Waals surface area contributed by atoms with Gasteiger partial charge >= 0.3 is 0 Å². The van der Waals surface area contributed by atoms with Gasteiger partial charge in [-0.25, -0.2) is 0 Å². The van der Waals surface area contributed by atoms with E-state index in [0.717, 1.165) is 12.2 Å². The number of aryl methyl sites for hydroxylation is 1. The van der Waals surface area contributed by atoms with Crippen molar-refractivity contribution in [3.63, 3.8) is 0 Å². The Morgan fingerprint density at radius 1 is 1.33 bits per heavy atom.